The van der Waals surface area contributed by atoms with E-state index in [1.807, 2.05) is 6.07 Å². The third kappa shape index (κ3) is 4.33. The molecule has 6 heteroatoms. The first kappa shape index (κ1) is 14.0. The van der Waals surface area contributed by atoms with Gasteiger partial charge in [0.05, 0.1) is 0 Å². The Hall–Kier alpha value is -1.40. The van der Waals surface area contributed by atoms with Crippen molar-refractivity contribution < 1.29 is 4.74 Å². The van der Waals surface area contributed by atoms with Crippen LogP contribution in [-0.4, -0.2) is 29.7 Å². The highest BCUT2D eigenvalue weighted by Gasteiger charge is 2.14. The second kappa shape index (κ2) is 7.25. The predicted molar refractivity (Wildman–Crippen MR) is 75.9 cm³/mol. The molecule has 1 atom stereocenters. The molecule has 0 saturated carbocycles. The van der Waals surface area contributed by atoms with Crippen molar-refractivity contribution in [2.75, 3.05) is 30.5 Å². The van der Waals surface area contributed by atoms with Crippen molar-refractivity contribution in [2.45, 2.75) is 32.6 Å². The maximum absolute atomic E-state index is 5.43. The number of nitrogens with one attached hydrogen (secondary N) is 2. The summed E-state index contributed by atoms with van der Waals surface area (Å²) in [6.07, 6.45) is 4.16. The summed E-state index contributed by atoms with van der Waals surface area (Å²) in [6, 6.07) is 1.84. The van der Waals surface area contributed by atoms with Gasteiger partial charge in [-0.1, -0.05) is 6.92 Å². The molecule has 0 amide bonds. The average molecular weight is 265 g/mol. The lowest BCUT2D eigenvalue weighted by molar-refractivity contribution is 0.185. The largest absolute Gasteiger partial charge is 0.381 e. The lowest BCUT2D eigenvalue weighted by Crippen LogP contribution is -2.14. The Morgan fingerprint density at radius 2 is 2.26 bits per heavy atom. The second-order valence-corrected chi connectivity index (χ2v) is 4.89. The first-order valence-corrected chi connectivity index (χ1v) is 6.98. The standard InChI is InChI=1S/C13H23N5O/c1-2-3-11-16-12(8-13(17-11)18-14)15-6-4-10-5-7-19-9-10/h8,10H,2-7,9,14H2,1H3,(H2,15,16,17,18). The highest BCUT2D eigenvalue weighted by Crippen LogP contribution is 2.17. The number of hydrazine groups is 1. The monoisotopic (exact) mass is 265 g/mol. The average Bonchev–Trinajstić information content (AvgIpc) is 2.92. The fourth-order valence-corrected chi connectivity index (χ4v) is 2.21. The van der Waals surface area contributed by atoms with Crippen LogP contribution in [-0.2, 0) is 11.2 Å². The van der Waals surface area contributed by atoms with Gasteiger partial charge in [-0.05, 0) is 25.2 Å². The molecule has 1 saturated heterocycles. The van der Waals surface area contributed by atoms with Crippen LogP contribution in [0.1, 0.15) is 32.0 Å². The van der Waals surface area contributed by atoms with E-state index >= 15 is 0 Å². The molecule has 1 aromatic rings. The third-order valence-corrected chi connectivity index (χ3v) is 3.28. The van der Waals surface area contributed by atoms with Crippen LogP contribution in [0.25, 0.3) is 0 Å². The molecule has 4 N–H and O–H groups in total. The van der Waals surface area contributed by atoms with E-state index in [2.05, 4.69) is 27.6 Å². The van der Waals surface area contributed by atoms with E-state index < -0.39 is 0 Å². The van der Waals surface area contributed by atoms with E-state index in [4.69, 9.17) is 10.6 Å². The Bertz CT molecular complexity index is 393. The zero-order chi connectivity index (χ0) is 13.5. The number of aromatic nitrogens is 2. The van der Waals surface area contributed by atoms with Gasteiger partial charge in [0, 0.05) is 32.2 Å². The Balaban J connectivity index is 1.88. The number of aryl methyl sites for hydroxylation is 1. The van der Waals surface area contributed by atoms with Crippen molar-refractivity contribution in [3.8, 4) is 0 Å². The Labute approximate surface area is 114 Å². The molecule has 1 unspecified atom stereocenters. The van der Waals surface area contributed by atoms with E-state index in [0.717, 1.165) is 50.7 Å². The number of hydrogen-bond donors (Lipinski definition) is 3. The van der Waals surface area contributed by atoms with Crippen LogP contribution in [0.5, 0.6) is 0 Å². The lowest BCUT2D eigenvalue weighted by Gasteiger charge is -2.11. The molecule has 0 radical (unpaired) electrons. The maximum atomic E-state index is 5.43. The van der Waals surface area contributed by atoms with Crippen molar-refractivity contribution in [3.63, 3.8) is 0 Å². The third-order valence-electron chi connectivity index (χ3n) is 3.28. The van der Waals surface area contributed by atoms with Crippen LogP contribution in [0.3, 0.4) is 0 Å². The molecule has 1 aromatic heterocycles. The fraction of sp³-hybridized carbons (Fsp3) is 0.692. The van der Waals surface area contributed by atoms with Gasteiger partial charge < -0.3 is 15.5 Å². The van der Waals surface area contributed by atoms with Gasteiger partial charge in [-0.2, -0.15) is 0 Å². The van der Waals surface area contributed by atoms with Crippen LogP contribution in [0.15, 0.2) is 6.07 Å². The van der Waals surface area contributed by atoms with Crippen molar-refractivity contribution >= 4 is 11.6 Å². The van der Waals surface area contributed by atoms with Crippen molar-refractivity contribution in [1.29, 1.82) is 0 Å². The van der Waals surface area contributed by atoms with Crippen molar-refractivity contribution in [2.24, 2.45) is 11.8 Å². The van der Waals surface area contributed by atoms with Crippen LogP contribution in [0.2, 0.25) is 0 Å². The van der Waals surface area contributed by atoms with Gasteiger partial charge in [0.2, 0.25) is 0 Å². The normalized spacial score (nSPS) is 18.5. The number of anilines is 2. The van der Waals surface area contributed by atoms with Gasteiger partial charge in [-0.25, -0.2) is 15.8 Å². The van der Waals surface area contributed by atoms with E-state index in [-0.39, 0.29) is 0 Å². The van der Waals surface area contributed by atoms with E-state index in [9.17, 15) is 0 Å². The summed E-state index contributed by atoms with van der Waals surface area (Å²) in [5.41, 5.74) is 2.59. The molecule has 1 aliphatic rings. The molecule has 6 nitrogen and oxygen atoms in total. The number of nitrogens with two attached hydrogens (primary N) is 1. The summed E-state index contributed by atoms with van der Waals surface area (Å²) in [5.74, 6) is 8.42. The molecule has 1 fully saturated rings. The van der Waals surface area contributed by atoms with Crippen LogP contribution in [0, 0.1) is 5.92 Å². The molecule has 0 spiro atoms. The molecule has 2 rings (SSSR count). The molecule has 0 aliphatic carbocycles. The second-order valence-electron chi connectivity index (χ2n) is 4.89. The Morgan fingerprint density at radius 1 is 1.42 bits per heavy atom. The minimum Gasteiger partial charge on any atom is -0.381 e. The summed E-state index contributed by atoms with van der Waals surface area (Å²) in [6.45, 7) is 4.81. The van der Waals surface area contributed by atoms with Crippen molar-refractivity contribution in [3.05, 3.63) is 11.9 Å². The van der Waals surface area contributed by atoms with Gasteiger partial charge in [0.1, 0.15) is 17.5 Å². The topological polar surface area (TPSA) is 85.1 Å². The molecular formula is C13H23N5O. The highest BCUT2D eigenvalue weighted by molar-refractivity contribution is 5.46. The van der Waals surface area contributed by atoms with E-state index in [1.54, 1.807) is 0 Å². The molecule has 19 heavy (non-hydrogen) atoms. The molecule has 0 aromatic carbocycles. The van der Waals surface area contributed by atoms with Gasteiger partial charge >= 0.3 is 0 Å². The smallest absolute Gasteiger partial charge is 0.145 e. The summed E-state index contributed by atoms with van der Waals surface area (Å²) in [4.78, 5) is 8.81. The van der Waals surface area contributed by atoms with E-state index in [1.165, 1.54) is 6.42 Å². The maximum Gasteiger partial charge on any atom is 0.145 e. The van der Waals surface area contributed by atoms with Crippen molar-refractivity contribution in [1.82, 2.24) is 9.97 Å². The number of rotatable bonds is 7. The quantitative estimate of drug-likeness (QED) is 0.512. The number of nitrogens with zero attached hydrogens (tertiary/aromatic N) is 2. The van der Waals surface area contributed by atoms with Gasteiger partial charge in [-0.3, -0.25) is 0 Å². The van der Waals surface area contributed by atoms with Gasteiger partial charge in [0.15, 0.2) is 0 Å². The summed E-state index contributed by atoms with van der Waals surface area (Å²) >= 11 is 0. The molecule has 2 heterocycles. The van der Waals surface area contributed by atoms with Crippen LogP contribution >= 0.6 is 0 Å². The fourth-order valence-electron chi connectivity index (χ4n) is 2.21. The zero-order valence-corrected chi connectivity index (χ0v) is 11.5. The lowest BCUT2D eigenvalue weighted by atomic mass is 10.1. The van der Waals surface area contributed by atoms with Crippen LogP contribution < -0.4 is 16.6 Å². The minimum absolute atomic E-state index is 0.658. The highest BCUT2D eigenvalue weighted by atomic mass is 16.5. The van der Waals surface area contributed by atoms with Crippen LogP contribution in [0.4, 0.5) is 11.6 Å². The molecule has 1 aliphatic heterocycles. The first-order chi connectivity index (χ1) is 9.31. The number of ether oxygens (including phenoxy) is 1. The Kier molecular flexibility index (Phi) is 5.35. The van der Waals surface area contributed by atoms with E-state index in [0.29, 0.717) is 11.7 Å². The minimum atomic E-state index is 0.658. The number of nitrogen functional groups attached to an aromatic ring is 1. The number of hydrogen-bond acceptors (Lipinski definition) is 6. The zero-order valence-electron chi connectivity index (χ0n) is 11.5. The summed E-state index contributed by atoms with van der Waals surface area (Å²) in [5, 5.41) is 3.34. The molecule has 0 bridgehead atoms. The molecular weight excluding hydrogens is 242 g/mol. The predicted octanol–water partition coefficient (Wildman–Crippen LogP) is 1.55. The summed E-state index contributed by atoms with van der Waals surface area (Å²) < 4.78 is 5.37. The Morgan fingerprint density at radius 3 is 2.95 bits per heavy atom. The molecule has 106 valence electrons. The summed E-state index contributed by atoms with van der Waals surface area (Å²) in [7, 11) is 0. The van der Waals surface area contributed by atoms with Gasteiger partial charge in [0.25, 0.3) is 0 Å². The van der Waals surface area contributed by atoms with Gasteiger partial charge in [-0.15, -0.1) is 0 Å². The SMILES string of the molecule is CCCc1nc(NN)cc(NCCC2CCOC2)n1. The first-order valence-electron chi connectivity index (χ1n) is 6.98.